The minimum absolute atomic E-state index is 0.651. The molecule has 2 rings (SSSR count). The second-order valence-corrected chi connectivity index (χ2v) is 3.37. The summed E-state index contributed by atoms with van der Waals surface area (Å²) in [4.78, 5) is 0. The number of nitrogens with zero attached hydrogens (tertiary/aromatic N) is 2. The SMILES string of the molecule is Clc1cc(Br)c2n[nH]nc2c1. The molecular formula is C6H3BrClN3. The van der Waals surface area contributed by atoms with E-state index in [2.05, 4.69) is 31.3 Å². The van der Waals surface area contributed by atoms with Crippen molar-refractivity contribution in [2.24, 2.45) is 0 Å². The summed E-state index contributed by atoms with van der Waals surface area (Å²) in [5, 5.41) is 11.0. The third-order valence-corrected chi connectivity index (χ3v) is 2.16. The summed E-state index contributed by atoms with van der Waals surface area (Å²) in [7, 11) is 0. The van der Waals surface area contributed by atoms with Crippen molar-refractivity contribution in [3.05, 3.63) is 21.6 Å². The molecule has 56 valence electrons. The van der Waals surface area contributed by atoms with Crippen LogP contribution >= 0.6 is 27.5 Å². The fourth-order valence-electron chi connectivity index (χ4n) is 0.877. The summed E-state index contributed by atoms with van der Waals surface area (Å²) < 4.78 is 0.855. The number of fused-ring (bicyclic) bond motifs is 1. The van der Waals surface area contributed by atoms with E-state index >= 15 is 0 Å². The highest BCUT2D eigenvalue weighted by Crippen LogP contribution is 2.24. The monoisotopic (exact) mass is 231 g/mol. The molecule has 0 amide bonds. The predicted octanol–water partition coefficient (Wildman–Crippen LogP) is 2.37. The third-order valence-electron chi connectivity index (χ3n) is 1.34. The van der Waals surface area contributed by atoms with E-state index in [1.165, 1.54) is 0 Å². The molecule has 0 aliphatic heterocycles. The van der Waals surface area contributed by atoms with Crippen LogP contribution in [0.15, 0.2) is 16.6 Å². The largest absolute Gasteiger partial charge is 0.197 e. The van der Waals surface area contributed by atoms with Gasteiger partial charge in [0.2, 0.25) is 0 Å². The van der Waals surface area contributed by atoms with Crippen LogP contribution in [0.4, 0.5) is 0 Å². The molecule has 0 fully saturated rings. The number of hydrogen-bond donors (Lipinski definition) is 1. The molecule has 0 unspecified atom stereocenters. The zero-order chi connectivity index (χ0) is 7.84. The van der Waals surface area contributed by atoms with Gasteiger partial charge in [0.15, 0.2) is 0 Å². The smallest absolute Gasteiger partial charge is 0.127 e. The van der Waals surface area contributed by atoms with Crippen LogP contribution < -0.4 is 0 Å². The van der Waals surface area contributed by atoms with E-state index in [0.29, 0.717) is 5.02 Å². The summed E-state index contributed by atoms with van der Waals surface area (Å²) in [6.45, 7) is 0. The fraction of sp³-hybridized carbons (Fsp3) is 0. The van der Waals surface area contributed by atoms with E-state index in [-0.39, 0.29) is 0 Å². The second-order valence-electron chi connectivity index (χ2n) is 2.08. The zero-order valence-corrected chi connectivity index (χ0v) is 7.65. The second kappa shape index (κ2) is 2.46. The van der Waals surface area contributed by atoms with Gasteiger partial charge in [-0.1, -0.05) is 11.6 Å². The average Bonchev–Trinajstić information content (AvgIpc) is 2.34. The molecule has 1 N–H and O–H groups in total. The van der Waals surface area contributed by atoms with Crippen molar-refractivity contribution in [1.29, 1.82) is 0 Å². The Hall–Kier alpha value is -0.610. The van der Waals surface area contributed by atoms with E-state index in [4.69, 9.17) is 11.6 Å². The van der Waals surface area contributed by atoms with Gasteiger partial charge in [-0.3, -0.25) is 0 Å². The van der Waals surface area contributed by atoms with Gasteiger partial charge in [-0.25, -0.2) is 0 Å². The Labute approximate surface area is 75.9 Å². The zero-order valence-electron chi connectivity index (χ0n) is 5.31. The maximum absolute atomic E-state index is 5.77. The van der Waals surface area contributed by atoms with Crippen LogP contribution in [0.2, 0.25) is 5.02 Å². The molecule has 0 bridgehead atoms. The Bertz CT molecular complexity index is 398. The van der Waals surface area contributed by atoms with E-state index in [9.17, 15) is 0 Å². The number of halogens is 2. The Morgan fingerprint density at radius 1 is 1.36 bits per heavy atom. The average molecular weight is 232 g/mol. The van der Waals surface area contributed by atoms with Gasteiger partial charge in [0, 0.05) is 9.50 Å². The van der Waals surface area contributed by atoms with Crippen molar-refractivity contribution in [2.45, 2.75) is 0 Å². The van der Waals surface area contributed by atoms with E-state index in [1.54, 1.807) is 12.1 Å². The van der Waals surface area contributed by atoms with Crippen LogP contribution in [0, 0.1) is 0 Å². The summed E-state index contributed by atoms with van der Waals surface area (Å²) in [5.74, 6) is 0. The van der Waals surface area contributed by atoms with Crippen molar-refractivity contribution in [3.8, 4) is 0 Å². The van der Waals surface area contributed by atoms with Crippen molar-refractivity contribution in [2.75, 3.05) is 0 Å². The lowest BCUT2D eigenvalue weighted by Gasteiger charge is -1.91. The first-order valence-corrected chi connectivity index (χ1v) is 4.10. The molecule has 5 heteroatoms. The molecule has 2 aromatic rings. The maximum Gasteiger partial charge on any atom is 0.127 e. The Morgan fingerprint density at radius 2 is 2.18 bits per heavy atom. The van der Waals surface area contributed by atoms with Crippen LogP contribution in [0.5, 0.6) is 0 Å². The number of H-pyrrole nitrogens is 1. The highest BCUT2D eigenvalue weighted by atomic mass is 79.9. The number of aromatic nitrogens is 3. The molecule has 0 saturated carbocycles. The number of hydrogen-bond acceptors (Lipinski definition) is 2. The van der Waals surface area contributed by atoms with E-state index in [1.807, 2.05) is 0 Å². The molecule has 0 aliphatic carbocycles. The van der Waals surface area contributed by atoms with Gasteiger partial charge in [-0.15, -0.1) is 0 Å². The van der Waals surface area contributed by atoms with E-state index in [0.717, 1.165) is 15.5 Å². The molecule has 0 aliphatic rings. The van der Waals surface area contributed by atoms with E-state index < -0.39 is 0 Å². The maximum atomic E-state index is 5.77. The lowest BCUT2D eigenvalue weighted by molar-refractivity contribution is 0.959. The Balaban J connectivity index is 2.91. The Kier molecular flexibility index (Phi) is 1.58. The minimum atomic E-state index is 0.651. The van der Waals surface area contributed by atoms with Gasteiger partial charge >= 0.3 is 0 Å². The summed E-state index contributed by atoms with van der Waals surface area (Å²) in [6.07, 6.45) is 0. The highest BCUT2D eigenvalue weighted by molar-refractivity contribution is 9.10. The molecule has 11 heavy (non-hydrogen) atoms. The molecule has 0 saturated heterocycles. The molecule has 0 radical (unpaired) electrons. The van der Waals surface area contributed by atoms with Crippen molar-refractivity contribution in [1.82, 2.24) is 15.4 Å². The van der Waals surface area contributed by atoms with Crippen LogP contribution in [0.1, 0.15) is 0 Å². The molecule has 0 spiro atoms. The third kappa shape index (κ3) is 1.12. The molecule has 1 aromatic heterocycles. The van der Waals surface area contributed by atoms with Gasteiger partial charge < -0.3 is 0 Å². The van der Waals surface area contributed by atoms with Crippen LogP contribution in [-0.2, 0) is 0 Å². The van der Waals surface area contributed by atoms with Crippen LogP contribution in [0.3, 0.4) is 0 Å². The van der Waals surface area contributed by atoms with Crippen molar-refractivity contribution in [3.63, 3.8) is 0 Å². The predicted molar refractivity (Wildman–Crippen MR) is 46.6 cm³/mol. The lowest BCUT2D eigenvalue weighted by atomic mass is 10.3. The topological polar surface area (TPSA) is 41.6 Å². The van der Waals surface area contributed by atoms with Crippen LogP contribution in [0.25, 0.3) is 11.0 Å². The van der Waals surface area contributed by atoms with Gasteiger partial charge in [-0.05, 0) is 28.1 Å². The van der Waals surface area contributed by atoms with Gasteiger partial charge in [-0.2, -0.15) is 15.4 Å². The fourth-order valence-corrected chi connectivity index (χ4v) is 1.76. The Morgan fingerprint density at radius 3 is 3.00 bits per heavy atom. The van der Waals surface area contributed by atoms with Crippen LogP contribution in [-0.4, -0.2) is 15.4 Å². The van der Waals surface area contributed by atoms with Gasteiger partial charge in [0.1, 0.15) is 11.0 Å². The number of aromatic amines is 1. The number of rotatable bonds is 0. The number of nitrogens with one attached hydrogen (secondary N) is 1. The van der Waals surface area contributed by atoms with Crippen molar-refractivity contribution >= 4 is 38.6 Å². The van der Waals surface area contributed by atoms with Gasteiger partial charge in [0.05, 0.1) is 0 Å². The van der Waals surface area contributed by atoms with Gasteiger partial charge in [0.25, 0.3) is 0 Å². The summed E-state index contributed by atoms with van der Waals surface area (Å²) >= 11 is 9.09. The quantitative estimate of drug-likeness (QED) is 0.758. The molecular weight excluding hydrogens is 229 g/mol. The molecule has 1 heterocycles. The molecule has 3 nitrogen and oxygen atoms in total. The minimum Gasteiger partial charge on any atom is -0.197 e. The first-order chi connectivity index (χ1) is 5.27. The first kappa shape index (κ1) is 7.06. The number of benzene rings is 1. The van der Waals surface area contributed by atoms with Crippen molar-refractivity contribution < 1.29 is 0 Å². The first-order valence-electron chi connectivity index (χ1n) is 2.93. The lowest BCUT2D eigenvalue weighted by Crippen LogP contribution is -1.72. The standard InChI is InChI=1S/C6H3BrClN3/c7-4-1-3(8)2-5-6(4)10-11-9-5/h1-2H,(H,9,10,11). The molecule has 1 aromatic carbocycles. The summed E-state index contributed by atoms with van der Waals surface area (Å²) in [5.41, 5.74) is 1.57. The molecule has 0 atom stereocenters. The highest BCUT2D eigenvalue weighted by Gasteiger charge is 2.03. The normalized spacial score (nSPS) is 10.7. The summed E-state index contributed by atoms with van der Waals surface area (Å²) in [6, 6.07) is 3.54.